The van der Waals surface area contributed by atoms with E-state index in [2.05, 4.69) is 37.1 Å². The van der Waals surface area contributed by atoms with Crippen LogP contribution in [0.3, 0.4) is 0 Å². The average molecular weight is 251 g/mol. The first-order valence-electron chi connectivity index (χ1n) is 7.26. The molecule has 0 saturated heterocycles. The summed E-state index contributed by atoms with van der Waals surface area (Å²) in [5, 5.41) is 0. The summed E-state index contributed by atoms with van der Waals surface area (Å²) in [5.41, 5.74) is 1.48. The Bertz CT molecular complexity index is 270. The highest BCUT2D eigenvalue weighted by Gasteiger charge is 2.03. The zero-order valence-corrected chi connectivity index (χ0v) is 12.3. The molecule has 1 heterocycles. The summed E-state index contributed by atoms with van der Waals surface area (Å²) in [6, 6.07) is 0. The van der Waals surface area contributed by atoms with Gasteiger partial charge in [0, 0.05) is 13.7 Å². The molecular weight excluding hydrogens is 222 g/mol. The molecule has 2 heteroatoms. The van der Waals surface area contributed by atoms with Gasteiger partial charge in [0.1, 0.15) is 0 Å². The molecule has 1 aliphatic heterocycles. The molecule has 1 aliphatic rings. The van der Waals surface area contributed by atoms with Gasteiger partial charge in [0.25, 0.3) is 0 Å². The van der Waals surface area contributed by atoms with Gasteiger partial charge in [-0.2, -0.15) is 0 Å². The maximum absolute atomic E-state index is 5.48. The van der Waals surface area contributed by atoms with Crippen LogP contribution >= 0.6 is 0 Å². The van der Waals surface area contributed by atoms with E-state index < -0.39 is 0 Å². The highest BCUT2D eigenvalue weighted by Crippen LogP contribution is 2.10. The predicted octanol–water partition coefficient (Wildman–Crippen LogP) is 3.79. The van der Waals surface area contributed by atoms with E-state index in [0.717, 1.165) is 19.4 Å². The minimum absolute atomic E-state index is 0.287. The topological polar surface area (TPSA) is 12.5 Å². The van der Waals surface area contributed by atoms with Crippen LogP contribution in [0, 0.1) is 0 Å². The first-order chi connectivity index (χ1) is 8.72. The second-order valence-corrected chi connectivity index (χ2v) is 5.42. The van der Waals surface area contributed by atoms with Gasteiger partial charge in [0.15, 0.2) is 0 Å². The second kappa shape index (κ2) is 9.35. The van der Waals surface area contributed by atoms with Crippen LogP contribution in [-0.4, -0.2) is 38.3 Å². The number of rotatable bonds is 1. The fourth-order valence-corrected chi connectivity index (χ4v) is 2.42. The molecule has 0 aromatic carbocycles. The van der Waals surface area contributed by atoms with Gasteiger partial charge in [-0.1, -0.05) is 30.2 Å². The Labute approximate surface area is 113 Å². The Morgan fingerprint density at radius 2 is 2.06 bits per heavy atom. The smallest absolute Gasteiger partial charge is 0.0755 e. The average Bonchev–Trinajstić information content (AvgIpc) is 2.34. The monoisotopic (exact) mass is 251 g/mol. The van der Waals surface area contributed by atoms with Crippen molar-refractivity contribution in [1.29, 1.82) is 0 Å². The molecule has 0 saturated carbocycles. The van der Waals surface area contributed by atoms with Gasteiger partial charge in [0.05, 0.1) is 6.10 Å². The molecule has 1 atom stereocenters. The fourth-order valence-electron chi connectivity index (χ4n) is 2.42. The summed E-state index contributed by atoms with van der Waals surface area (Å²) in [4.78, 5) is 2.43. The van der Waals surface area contributed by atoms with Crippen molar-refractivity contribution in [3.63, 3.8) is 0 Å². The summed E-state index contributed by atoms with van der Waals surface area (Å²) in [5.74, 6) is 0. The Morgan fingerprint density at radius 3 is 2.83 bits per heavy atom. The van der Waals surface area contributed by atoms with E-state index in [9.17, 15) is 0 Å². The molecule has 2 nitrogen and oxygen atoms in total. The van der Waals surface area contributed by atoms with Crippen molar-refractivity contribution >= 4 is 0 Å². The largest absolute Gasteiger partial charge is 0.377 e. The zero-order chi connectivity index (χ0) is 13.2. The molecule has 0 N–H and O–H groups in total. The molecular formula is C16H29NO. The van der Waals surface area contributed by atoms with Crippen molar-refractivity contribution in [3.05, 3.63) is 23.8 Å². The van der Waals surface area contributed by atoms with E-state index in [1.54, 1.807) is 0 Å². The van der Waals surface area contributed by atoms with Crippen LogP contribution in [0.4, 0.5) is 0 Å². The van der Waals surface area contributed by atoms with Gasteiger partial charge in [0.2, 0.25) is 0 Å². The first-order valence-corrected chi connectivity index (χ1v) is 7.26. The van der Waals surface area contributed by atoms with E-state index in [0.29, 0.717) is 0 Å². The third-order valence-corrected chi connectivity index (χ3v) is 3.53. The summed E-state index contributed by atoms with van der Waals surface area (Å²) in [6.07, 6.45) is 14.5. The number of ether oxygens (including phenoxy) is 1. The number of hydrogen-bond donors (Lipinski definition) is 0. The van der Waals surface area contributed by atoms with Gasteiger partial charge in [-0.05, 0) is 52.6 Å². The summed E-state index contributed by atoms with van der Waals surface area (Å²) in [7, 11) is 4.03. The van der Waals surface area contributed by atoms with Crippen molar-refractivity contribution in [2.24, 2.45) is 0 Å². The lowest BCUT2D eigenvalue weighted by Gasteiger charge is -2.17. The van der Waals surface area contributed by atoms with E-state index >= 15 is 0 Å². The molecule has 1 rings (SSSR count). The van der Waals surface area contributed by atoms with Crippen LogP contribution in [0.1, 0.15) is 45.4 Å². The maximum Gasteiger partial charge on any atom is 0.0755 e. The highest BCUT2D eigenvalue weighted by molar-refractivity contribution is 5.01. The summed E-state index contributed by atoms with van der Waals surface area (Å²) >= 11 is 0. The molecule has 0 radical (unpaired) electrons. The molecule has 1 unspecified atom stereocenters. The van der Waals surface area contributed by atoms with Crippen molar-refractivity contribution in [2.45, 2.75) is 51.6 Å². The van der Waals surface area contributed by atoms with Crippen LogP contribution in [0.2, 0.25) is 0 Å². The maximum atomic E-state index is 5.48. The quantitative estimate of drug-likeness (QED) is 0.657. The molecule has 0 spiro atoms. The predicted molar refractivity (Wildman–Crippen MR) is 78.9 cm³/mol. The first kappa shape index (κ1) is 15.5. The molecule has 0 fully saturated rings. The number of nitrogens with zero attached hydrogens (tertiary/aromatic N) is 1. The summed E-state index contributed by atoms with van der Waals surface area (Å²) < 4.78 is 5.48. The van der Waals surface area contributed by atoms with Crippen LogP contribution in [0.15, 0.2) is 23.8 Å². The Kier molecular flexibility index (Phi) is 8.03. The van der Waals surface area contributed by atoms with Crippen LogP contribution in [0.5, 0.6) is 0 Å². The lowest BCUT2D eigenvalue weighted by atomic mass is 10.1. The molecule has 0 amide bonds. The SMILES string of the molecule is COC1/C=C/CCCCCN(C)C/C(C)=C\CC1. The van der Waals surface area contributed by atoms with E-state index in [-0.39, 0.29) is 6.10 Å². The van der Waals surface area contributed by atoms with E-state index in [1.807, 2.05) is 7.11 Å². The van der Waals surface area contributed by atoms with Gasteiger partial charge in [-0.15, -0.1) is 0 Å². The summed E-state index contributed by atoms with van der Waals surface area (Å²) in [6.45, 7) is 4.56. The third-order valence-electron chi connectivity index (χ3n) is 3.53. The van der Waals surface area contributed by atoms with Crippen LogP contribution in [0.25, 0.3) is 0 Å². The van der Waals surface area contributed by atoms with E-state index in [1.165, 1.54) is 37.8 Å². The molecule has 18 heavy (non-hydrogen) atoms. The Balaban J connectivity index is 2.51. The number of likely N-dealkylation sites (N-methyl/N-ethyl adjacent to an activating group) is 1. The van der Waals surface area contributed by atoms with Crippen LogP contribution in [-0.2, 0) is 4.74 Å². The minimum Gasteiger partial charge on any atom is -0.377 e. The van der Waals surface area contributed by atoms with Crippen molar-refractivity contribution in [3.8, 4) is 0 Å². The molecule has 0 bridgehead atoms. The van der Waals surface area contributed by atoms with Gasteiger partial charge in [-0.25, -0.2) is 0 Å². The molecule has 0 aromatic rings. The standard InChI is InChI=1S/C16H29NO/c1-15-10-9-12-16(18-3)11-7-5-4-6-8-13-17(2)14-15/h7,10-11,16H,4-6,8-9,12-14H2,1-3H3/b11-7+,15-10-. The van der Waals surface area contributed by atoms with E-state index in [4.69, 9.17) is 4.74 Å². The van der Waals surface area contributed by atoms with Gasteiger partial charge in [-0.3, -0.25) is 0 Å². The number of hydrogen-bond acceptors (Lipinski definition) is 2. The third kappa shape index (κ3) is 6.97. The molecule has 0 aromatic heterocycles. The number of allylic oxidation sites excluding steroid dienone is 2. The lowest BCUT2D eigenvalue weighted by Crippen LogP contribution is -2.21. The molecule has 104 valence electrons. The normalized spacial score (nSPS) is 30.2. The van der Waals surface area contributed by atoms with Crippen LogP contribution < -0.4 is 0 Å². The van der Waals surface area contributed by atoms with Crippen molar-refractivity contribution in [1.82, 2.24) is 4.90 Å². The van der Waals surface area contributed by atoms with Gasteiger partial charge >= 0.3 is 0 Å². The zero-order valence-electron chi connectivity index (χ0n) is 12.3. The van der Waals surface area contributed by atoms with Crippen molar-refractivity contribution < 1.29 is 4.74 Å². The highest BCUT2D eigenvalue weighted by atomic mass is 16.5. The Morgan fingerprint density at radius 1 is 1.22 bits per heavy atom. The molecule has 0 aliphatic carbocycles. The fraction of sp³-hybridized carbons (Fsp3) is 0.750. The van der Waals surface area contributed by atoms with Gasteiger partial charge < -0.3 is 9.64 Å². The second-order valence-electron chi connectivity index (χ2n) is 5.42. The minimum atomic E-state index is 0.287. The number of methoxy groups -OCH3 is 1. The van der Waals surface area contributed by atoms with Crippen molar-refractivity contribution in [2.75, 3.05) is 27.2 Å². The Hall–Kier alpha value is -0.600. The lowest BCUT2D eigenvalue weighted by molar-refractivity contribution is 0.134.